The molecule has 1 aromatic carbocycles. The van der Waals surface area contributed by atoms with Crippen LogP contribution in [0.25, 0.3) is 10.9 Å². The Morgan fingerprint density at radius 1 is 0.923 bits per heavy atom. The van der Waals surface area contributed by atoms with Crippen LogP contribution in [-0.2, 0) is 0 Å². The van der Waals surface area contributed by atoms with Gasteiger partial charge in [0.05, 0.1) is 25.6 Å². The average molecular weight is 255 g/mol. The van der Waals surface area contributed by atoms with Gasteiger partial charge >= 0.3 is 0 Å². The first-order valence-electron chi connectivity index (χ1n) is 3.41. The molecular weight excluding hydrogens is 252 g/mol. The van der Waals surface area contributed by atoms with E-state index < -0.39 is 0 Å². The second kappa shape index (κ2) is 3.25. The van der Waals surface area contributed by atoms with Crippen molar-refractivity contribution in [3.05, 3.63) is 32.4 Å². The van der Waals surface area contributed by atoms with Crippen molar-refractivity contribution < 1.29 is 0 Å². The van der Waals surface area contributed by atoms with Crippen molar-refractivity contribution in [3.63, 3.8) is 0 Å². The van der Waals surface area contributed by atoms with Gasteiger partial charge < -0.3 is 4.98 Å². The Labute approximate surface area is 94.5 Å². The van der Waals surface area contributed by atoms with Crippen LogP contribution < -0.4 is 0 Å². The number of aromatic amines is 1. The Kier molecular flexibility index (Phi) is 2.37. The molecule has 2 rings (SSSR count). The minimum atomic E-state index is 0.331. The molecule has 0 bridgehead atoms. The van der Waals surface area contributed by atoms with Crippen LogP contribution in [-0.4, -0.2) is 4.98 Å². The van der Waals surface area contributed by atoms with Crippen LogP contribution in [0.15, 0.2) is 12.3 Å². The van der Waals surface area contributed by atoms with Crippen LogP contribution in [0.4, 0.5) is 0 Å². The highest BCUT2D eigenvalue weighted by Crippen LogP contribution is 2.39. The van der Waals surface area contributed by atoms with E-state index in [4.69, 9.17) is 46.4 Å². The van der Waals surface area contributed by atoms with Crippen LogP contribution in [0, 0.1) is 0 Å². The number of hydrogen-bond donors (Lipinski definition) is 1. The summed E-state index contributed by atoms with van der Waals surface area (Å²) < 4.78 is 0. The molecule has 2 aromatic rings. The molecule has 13 heavy (non-hydrogen) atoms. The minimum absolute atomic E-state index is 0.331. The van der Waals surface area contributed by atoms with Crippen molar-refractivity contribution in [1.82, 2.24) is 4.98 Å². The number of fused-ring (bicyclic) bond motifs is 1. The largest absolute Gasteiger partial charge is 0.360 e. The normalized spacial score (nSPS) is 11.1. The fraction of sp³-hybridized carbons (Fsp3) is 0. The molecule has 0 unspecified atom stereocenters. The maximum absolute atomic E-state index is 5.96. The predicted molar refractivity (Wildman–Crippen MR) is 58.3 cm³/mol. The summed E-state index contributed by atoms with van der Waals surface area (Å²) in [6.07, 6.45) is 1.64. The zero-order chi connectivity index (χ0) is 9.59. The van der Waals surface area contributed by atoms with E-state index in [0.29, 0.717) is 25.5 Å². The summed E-state index contributed by atoms with van der Waals surface area (Å²) in [4.78, 5) is 2.94. The van der Waals surface area contributed by atoms with Crippen molar-refractivity contribution >= 4 is 57.3 Å². The molecule has 0 fully saturated rings. The Morgan fingerprint density at radius 3 is 2.31 bits per heavy atom. The van der Waals surface area contributed by atoms with E-state index in [9.17, 15) is 0 Å². The van der Waals surface area contributed by atoms with Gasteiger partial charge in [-0.05, 0) is 6.07 Å². The lowest BCUT2D eigenvalue weighted by Crippen LogP contribution is -1.75. The van der Waals surface area contributed by atoms with Gasteiger partial charge in [0.2, 0.25) is 0 Å². The fourth-order valence-corrected chi connectivity index (χ4v) is 2.16. The molecule has 0 aliphatic carbocycles. The van der Waals surface area contributed by atoms with Gasteiger partial charge in [0.15, 0.2) is 0 Å². The van der Waals surface area contributed by atoms with E-state index in [1.807, 2.05) is 0 Å². The highest BCUT2D eigenvalue weighted by atomic mass is 35.5. The molecule has 1 heterocycles. The molecule has 1 N–H and O–H groups in total. The van der Waals surface area contributed by atoms with Crippen molar-refractivity contribution in [2.75, 3.05) is 0 Å². The highest BCUT2D eigenvalue weighted by Gasteiger charge is 2.12. The SMILES string of the molecule is Clc1cc2[nH]cc(Cl)c2c(Cl)c1Cl. The summed E-state index contributed by atoms with van der Waals surface area (Å²) in [5.41, 5.74) is 0.782. The summed E-state index contributed by atoms with van der Waals surface area (Å²) in [5, 5.41) is 2.38. The molecule has 0 radical (unpaired) electrons. The molecule has 0 aliphatic rings. The number of nitrogens with one attached hydrogen (secondary N) is 1. The lowest BCUT2D eigenvalue weighted by molar-refractivity contribution is 1.48. The van der Waals surface area contributed by atoms with Gasteiger partial charge in [-0.3, -0.25) is 0 Å². The van der Waals surface area contributed by atoms with Gasteiger partial charge in [0.1, 0.15) is 0 Å². The maximum Gasteiger partial charge on any atom is 0.0786 e. The Hall–Kier alpha value is -0.0800. The Bertz CT molecular complexity index is 474. The van der Waals surface area contributed by atoms with Gasteiger partial charge in [-0.15, -0.1) is 0 Å². The monoisotopic (exact) mass is 253 g/mol. The number of hydrogen-bond acceptors (Lipinski definition) is 0. The Balaban J connectivity index is 2.97. The third-order valence-electron chi connectivity index (χ3n) is 1.76. The molecule has 0 amide bonds. The zero-order valence-electron chi connectivity index (χ0n) is 6.17. The first-order valence-corrected chi connectivity index (χ1v) is 4.92. The molecule has 0 saturated heterocycles. The minimum Gasteiger partial charge on any atom is -0.360 e. The standard InChI is InChI=1S/C8H3Cl4N/c9-3-1-5-6(4(10)2-13-5)8(12)7(3)11/h1-2,13H. The fourth-order valence-electron chi connectivity index (χ4n) is 1.16. The van der Waals surface area contributed by atoms with Crippen molar-refractivity contribution in [2.45, 2.75) is 0 Å². The summed E-state index contributed by atoms with van der Waals surface area (Å²) in [6.45, 7) is 0. The predicted octanol–water partition coefficient (Wildman–Crippen LogP) is 4.78. The molecular formula is C8H3Cl4N. The van der Waals surface area contributed by atoms with E-state index in [1.165, 1.54) is 0 Å². The molecule has 0 spiro atoms. The highest BCUT2D eigenvalue weighted by molar-refractivity contribution is 6.52. The van der Waals surface area contributed by atoms with Crippen molar-refractivity contribution in [1.29, 1.82) is 0 Å². The quantitative estimate of drug-likeness (QED) is 0.652. The third-order valence-corrected chi connectivity index (χ3v) is 3.32. The third kappa shape index (κ3) is 1.40. The van der Waals surface area contributed by atoms with Crippen LogP contribution in [0.1, 0.15) is 0 Å². The Morgan fingerprint density at radius 2 is 1.62 bits per heavy atom. The van der Waals surface area contributed by atoms with E-state index in [2.05, 4.69) is 4.98 Å². The van der Waals surface area contributed by atoms with E-state index >= 15 is 0 Å². The second-order valence-electron chi connectivity index (χ2n) is 2.55. The van der Waals surface area contributed by atoms with Gasteiger partial charge in [0.25, 0.3) is 0 Å². The van der Waals surface area contributed by atoms with Gasteiger partial charge in [-0.25, -0.2) is 0 Å². The number of rotatable bonds is 0. The maximum atomic E-state index is 5.96. The van der Waals surface area contributed by atoms with E-state index in [1.54, 1.807) is 12.3 Å². The van der Waals surface area contributed by atoms with Gasteiger partial charge in [-0.2, -0.15) is 0 Å². The molecule has 1 nitrogen and oxygen atoms in total. The van der Waals surface area contributed by atoms with Crippen molar-refractivity contribution in [3.8, 4) is 0 Å². The van der Waals surface area contributed by atoms with Gasteiger partial charge in [0, 0.05) is 11.6 Å². The summed E-state index contributed by atoms with van der Waals surface area (Å²) in [7, 11) is 0. The average Bonchev–Trinajstić information content (AvgIpc) is 2.43. The van der Waals surface area contributed by atoms with Crippen LogP contribution in [0.3, 0.4) is 0 Å². The lowest BCUT2D eigenvalue weighted by Gasteiger charge is -2.00. The number of aromatic nitrogens is 1. The van der Waals surface area contributed by atoms with Crippen LogP contribution in [0.5, 0.6) is 0 Å². The second-order valence-corrected chi connectivity index (χ2v) is 4.12. The molecule has 5 heteroatoms. The smallest absolute Gasteiger partial charge is 0.0786 e. The number of halogens is 4. The van der Waals surface area contributed by atoms with Crippen molar-refractivity contribution in [2.24, 2.45) is 0 Å². The zero-order valence-corrected chi connectivity index (χ0v) is 9.19. The molecule has 1 aromatic heterocycles. The first kappa shape index (κ1) is 9.47. The lowest BCUT2D eigenvalue weighted by atomic mass is 10.2. The number of H-pyrrole nitrogens is 1. The van der Waals surface area contributed by atoms with E-state index in [-0.39, 0.29) is 0 Å². The molecule has 0 atom stereocenters. The summed E-state index contributed by atoms with van der Waals surface area (Å²) in [5.74, 6) is 0. The number of benzene rings is 1. The summed E-state index contributed by atoms with van der Waals surface area (Å²) >= 11 is 23.5. The van der Waals surface area contributed by atoms with Gasteiger partial charge in [-0.1, -0.05) is 46.4 Å². The molecule has 0 saturated carbocycles. The van der Waals surface area contributed by atoms with Crippen LogP contribution >= 0.6 is 46.4 Å². The first-order chi connectivity index (χ1) is 6.11. The molecule has 68 valence electrons. The van der Waals surface area contributed by atoms with Crippen LogP contribution in [0.2, 0.25) is 20.1 Å². The topological polar surface area (TPSA) is 15.8 Å². The summed E-state index contributed by atoms with van der Waals surface area (Å²) in [6, 6.07) is 1.69. The van der Waals surface area contributed by atoms with E-state index in [0.717, 1.165) is 5.52 Å². The molecule has 0 aliphatic heterocycles.